The summed E-state index contributed by atoms with van der Waals surface area (Å²) in [6.07, 6.45) is 1.76. The van der Waals surface area contributed by atoms with Gasteiger partial charge in [-0.25, -0.2) is 0 Å². The molecule has 0 atom stereocenters. The molecule has 0 aliphatic carbocycles. The number of carbonyl (C=O) groups is 2. The van der Waals surface area contributed by atoms with Gasteiger partial charge in [0.25, 0.3) is 0 Å². The maximum atomic E-state index is 13.1. The lowest BCUT2D eigenvalue weighted by Gasteiger charge is -2.22. The van der Waals surface area contributed by atoms with Crippen LogP contribution in [0.2, 0.25) is 5.02 Å². The summed E-state index contributed by atoms with van der Waals surface area (Å²) in [6.45, 7) is -0.388. The van der Waals surface area contributed by atoms with E-state index in [1.165, 1.54) is 4.57 Å². The lowest BCUT2D eigenvalue weighted by atomic mass is 10.0. The third-order valence-electron chi connectivity index (χ3n) is 4.53. The number of nitrogens with zero attached hydrogens (tertiary/aromatic N) is 2. The van der Waals surface area contributed by atoms with Crippen LogP contribution in [0.25, 0.3) is 27.4 Å². The van der Waals surface area contributed by atoms with Crippen molar-refractivity contribution in [3.05, 3.63) is 57.3 Å². The quantitative estimate of drug-likeness (QED) is 0.388. The second kappa shape index (κ2) is 7.36. The van der Waals surface area contributed by atoms with E-state index in [9.17, 15) is 19.5 Å². The van der Waals surface area contributed by atoms with Gasteiger partial charge in [-0.05, 0) is 29.8 Å². The summed E-state index contributed by atoms with van der Waals surface area (Å²) in [5.41, 5.74) is 7.30. The summed E-state index contributed by atoms with van der Waals surface area (Å²) in [6, 6.07) is 7.98. The highest BCUT2D eigenvalue weighted by Crippen LogP contribution is 2.34. The second-order valence-electron chi connectivity index (χ2n) is 6.47. The Morgan fingerprint density at radius 1 is 1.25 bits per heavy atom. The molecule has 0 amide bonds. The number of fused-ring (bicyclic) bond motifs is 2. The number of carboxylic acids is 1. The number of aliphatic carboxylic acids is 1. The van der Waals surface area contributed by atoms with Gasteiger partial charge in [0, 0.05) is 36.6 Å². The lowest BCUT2D eigenvalue weighted by molar-refractivity contribution is -0.137. The van der Waals surface area contributed by atoms with E-state index in [1.54, 1.807) is 49.3 Å². The summed E-state index contributed by atoms with van der Waals surface area (Å²) in [5.74, 6) is -1.08. The van der Waals surface area contributed by atoms with Crippen molar-refractivity contribution in [3.63, 3.8) is 0 Å². The van der Waals surface area contributed by atoms with Crippen LogP contribution in [0.4, 0.5) is 5.69 Å². The third-order valence-corrected chi connectivity index (χ3v) is 4.84. The number of carbonyl (C=O) groups excluding carboxylic acids is 1. The van der Waals surface area contributed by atoms with Crippen LogP contribution in [0.3, 0.4) is 0 Å². The fourth-order valence-corrected chi connectivity index (χ4v) is 3.65. The number of anilines is 1. The van der Waals surface area contributed by atoms with Crippen LogP contribution < -0.4 is 16.1 Å². The molecule has 0 spiro atoms. The summed E-state index contributed by atoms with van der Waals surface area (Å²) >= 11 is 6.36. The molecule has 7 nitrogen and oxygen atoms in total. The van der Waals surface area contributed by atoms with Gasteiger partial charge >= 0.3 is 5.97 Å². The van der Waals surface area contributed by atoms with E-state index in [4.69, 9.17) is 17.3 Å². The number of hydrogen-bond acceptors (Lipinski definition) is 5. The molecule has 144 valence electrons. The topological polar surface area (TPSA) is 106 Å². The Balaban J connectivity index is 2.60. The molecule has 0 saturated heterocycles. The van der Waals surface area contributed by atoms with Crippen molar-refractivity contribution < 1.29 is 14.7 Å². The fourth-order valence-electron chi connectivity index (χ4n) is 3.33. The highest BCUT2D eigenvalue weighted by Gasteiger charge is 2.19. The minimum atomic E-state index is -1.08. The minimum absolute atomic E-state index is 0.232. The highest BCUT2D eigenvalue weighted by atomic mass is 35.5. The summed E-state index contributed by atoms with van der Waals surface area (Å²) in [7, 11) is 3.52. The molecule has 3 rings (SSSR count). The fraction of sp³-hybridized carbons (Fsp3) is 0.150. The third kappa shape index (κ3) is 3.10. The molecular formula is C20H18ClN3O4. The zero-order valence-corrected chi connectivity index (χ0v) is 16.0. The first-order valence-electron chi connectivity index (χ1n) is 8.35. The average Bonchev–Trinajstić information content (AvgIpc) is 2.65. The van der Waals surface area contributed by atoms with E-state index >= 15 is 0 Å². The molecule has 0 unspecified atom stereocenters. The smallest absolute Gasteiger partial charge is 0.323 e. The second-order valence-corrected chi connectivity index (χ2v) is 6.87. The van der Waals surface area contributed by atoms with Gasteiger partial charge < -0.3 is 20.3 Å². The molecule has 1 aromatic heterocycles. The minimum Gasteiger partial charge on any atom is -0.480 e. The monoisotopic (exact) mass is 399 g/mol. The zero-order valence-electron chi connectivity index (χ0n) is 15.3. The van der Waals surface area contributed by atoms with Gasteiger partial charge in [0.05, 0.1) is 21.7 Å². The largest absolute Gasteiger partial charge is 0.480 e. The molecule has 0 radical (unpaired) electrons. The van der Waals surface area contributed by atoms with Crippen LogP contribution in [0.1, 0.15) is 5.56 Å². The number of benzene rings is 2. The van der Waals surface area contributed by atoms with Crippen LogP contribution in [0.5, 0.6) is 0 Å². The van der Waals surface area contributed by atoms with Gasteiger partial charge in [-0.1, -0.05) is 17.7 Å². The molecule has 0 aliphatic rings. The van der Waals surface area contributed by atoms with Crippen LogP contribution in [0.15, 0.2) is 41.3 Å². The van der Waals surface area contributed by atoms with Crippen LogP contribution in [-0.4, -0.2) is 36.0 Å². The molecule has 28 heavy (non-hydrogen) atoms. The molecule has 0 saturated carbocycles. The number of halogens is 1. The SMILES string of the molecule is CN(C)c1c(Cl)ccc2c(=O)c3ccc(C(C=O)=CN)cc3n(CC(=O)O)c12. The van der Waals surface area contributed by atoms with E-state index in [2.05, 4.69) is 0 Å². The molecule has 1 heterocycles. The van der Waals surface area contributed by atoms with Crippen molar-refractivity contribution >= 4 is 56.9 Å². The number of nitrogens with two attached hydrogens (primary N) is 1. The number of hydrogen-bond donors (Lipinski definition) is 2. The average molecular weight is 400 g/mol. The normalized spacial score (nSPS) is 11.8. The number of pyridine rings is 1. The van der Waals surface area contributed by atoms with Crippen LogP contribution in [0, 0.1) is 0 Å². The first-order valence-corrected chi connectivity index (χ1v) is 8.73. The predicted molar refractivity (Wildman–Crippen MR) is 111 cm³/mol. The van der Waals surface area contributed by atoms with Crippen molar-refractivity contribution in [2.24, 2.45) is 5.73 Å². The molecule has 3 N–H and O–H groups in total. The van der Waals surface area contributed by atoms with Gasteiger partial charge in [0.1, 0.15) is 6.54 Å². The van der Waals surface area contributed by atoms with Gasteiger partial charge in [0.15, 0.2) is 11.7 Å². The van der Waals surface area contributed by atoms with Crippen molar-refractivity contribution in [1.82, 2.24) is 4.57 Å². The Hall–Kier alpha value is -3.32. The van der Waals surface area contributed by atoms with Gasteiger partial charge in [-0.2, -0.15) is 0 Å². The first kappa shape index (κ1) is 19.4. The van der Waals surface area contributed by atoms with Crippen molar-refractivity contribution in [2.75, 3.05) is 19.0 Å². The van der Waals surface area contributed by atoms with Crippen molar-refractivity contribution in [1.29, 1.82) is 0 Å². The molecule has 3 aromatic rings. The number of aromatic nitrogens is 1. The van der Waals surface area contributed by atoms with E-state index in [0.717, 1.165) is 6.20 Å². The van der Waals surface area contributed by atoms with Crippen LogP contribution >= 0.6 is 11.6 Å². The van der Waals surface area contributed by atoms with E-state index in [-0.39, 0.29) is 17.5 Å². The number of allylic oxidation sites excluding steroid dienone is 1. The van der Waals surface area contributed by atoms with E-state index < -0.39 is 5.97 Å². The summed E-state index contributed by atoms with van der Waals surface area (Å²) in [4.78, 5) is 37.7. The Kier molecular flexibility index (Phi) is 5.11. The molecular weight excluding hydrogens is 382 g/mol. The van der Waals surface area contributed by atoms with E-state index in [1.807, 2.05) is 0 Å². The number of carboxylic acid groups (broad SMARTS) is 1. The maximum Gasteiger partial charge on any atom is 0.323 e. The lowest BCUT2D eigenvalue weighted by Crippen LogP contribution is -2.20. The van der Waals surface area contributed by atoms with Gasteiger partial charge in [-0.15, -0.1) is 0 Å². The maximum absolute atomic E-state index is 13.1. The zero-order chi connectivity index (χ0) is 20.6. The number of rotatable bonds is 5. The molecule has 0 aliphatic heterocycles. The predicted octanol–water partition coefficient (Wildman–Crippen LogP) is 2.46. The molecule has 0 bridgehead atoms. The Bertz CT molecular complexity index is 1210. The Morgan fingerprint density at radius 3 is 2.50 bits per heavy atom. The number of aldehydes is 1. The first-order chi connectivity index (χ1) is 13.3. The standard InChI is InChI=1S/C20H18ClN3O4/c1-23(2)19-15(21)6-5-14-18(19)24(9-17(26)27)16-7-11(12(8-22)10-25)3-4-13(16)20(14)28/h3-8,10H,9,22H2,1-2H3,(H,26,27). The highest BCUT2D eigenvalue weighted by molar-refractivity contribution is 6.35. The van der Waals surface area contributed by atoms with Crippen molar-refractivity contribution in [3.8, 4) is 0 Å². The molecule has 2 aromatic carbocycles. The van der Waals surface area contributed by atoms with Gasteiger partial charge in [0.2, 0.25) is 0 Å². The van der Waals surface area contributed by atoms with E-state index in [0.29, 0.717) is 44.4 Å². The van der Waals surface area contributed by atoms with Crippen molar-refractivity contribution in [2.45, 2.75) is 6.54 Å². The molecule has 0 fully saturated rings. The summed E-state index contributed by atoms with van der Waals surface area (Å²) in [5, 5.41) is 10.6. The van der Waals surface area contributed by atoms with Gasteiger partial charge in [-0.3, -0.25) is 14.4 Å². The summed E-state index contributed by atoms with van der Waals surface area (Å²) < 4.78 is 1.53. The van der Waals surface area contributed by atoms with Crippen LogP contribution in [-0.2, 0) is 16.1 Å². The Labute approximate surface area is 165 Å². The molecule has 8 heteroatoms. The Morgan fingerprint density at radius 2 is 1.93 bits per heavy atom.